The second-order valence-electron chi connectivity index (χ2n) is 3.05. The molecule has 0 aliphatic rings. The molecule has 94 valence electrons. The molecule has 0 saturated carbocycles. The van der Waals surface area contributed by atoms with E-state index >= 15 is 0 Å². The van der Waals surface area contributed by atoms with Crippen LogP contribution in [0.1, 0.15) is 0 Å². The summed E-state index contributed by atoms with van der Waals surface area (Å²) in [5.74, 6) is -0.815. The number of amides is 1. The zero-order valence-corrected chi connectivity index (χ0v) is 11.6. The van der Waals surface area contributed by atoms with E-state index in [1.165, 1.54) is 0 Å². The average molecular weight is 317 g/mol. The summed E-state index contributed by atoms with van der Waals surface area (Å²) in [5.41, 5.74) is 0. The number of rotatable bonds is 4. The minimum absolute atomic E-state index is 0.808. The van der Waals surface area contributed by atoms with Gasteiger partial charge in [-0.15, -0.1) is 0 Å². The molecule has 0 radical (unpaired) electrons. The summed E-state index contributed by atoms with van der Waals surface area (Å²) in [6, 6.07) is 9.07. The van der Waals surface area contributed by atoms with Crippen LogP contribution in [0.3, 0.4) is 0 Å². The molecule has 1 atom stereocenters. The van der Waals surface area contributed by atoms with Crippen molar-refractivity contribution in [3.05, 3.63) is 30.3 Å². The fourth-order valence-corrected chi connectivity index (χ4v) is 2.47. The van der Waals surface area contributed by atoms with E-state index in [-0.39, 0.29) is 0 Å². The molecule has 2 nitrogen and oxygen atoms in total. The Labute approximate surface area is 118 Å². The van der Waals surface area contributed by atoms with Crippen LogP contribution in [0.5, 0.6) is 0 Å². The molecule has 0 aliphatic heterocycles. The van der Waals surface area contributed by atoms with E-state index in [1.54, 1.807) is 12.1 Å². The molecule has 1 aromatic rings. The van der Waals surface area contributed by atoms with Gasteiger partial charge < -0.3 is 5.32 Å². The molecule has 0 bridgehead atoms. The van der Waals surface area contributed by atoms with Gasteiger partial charge in [0, 0.05) is 4.90 Å². The lowest BCUT2D eigenvalue weighted by atomic mass is 10.4. The molecular formula is C10H9Cl3FNOS. The smallest absolute Gasteiger partial charge is 0.252 e. The molecule has 0 aromatic heterocycles. The number of alkyl halides is 4. The Hall–Kier alpha value is -0.160. The Bertz CT molecular complexity index is 372. The summed E-state index contributed by atoms with van der Waals surface area (Å²) in [7, 11) is 0. The van der Waals surface area contributed by atoms with Gasteiger partial charge in [-0.05, 0) is 12.1 Å². The summed E-state index contributed by atoms with van der Waals surface area (Å²) >= 11 is 18.3. The predicted molar refractivity (Wildman–Crippen MR) is 70.5 cm³/mol. The molecule has 1 amide bonds. The highest BCUT2D eigenvalue weighted by atomic mass is 35.6. The molecule has 1 aromatic carbocycles. The van der Waals surface area contributed by atoms with Crippen molar-refractivity contribution in [3.8, 4) is 0 Å². The lowest BCUT2D eigenvalue weighted by Gasteiger charge is -2.24. The predicted octanol–water partition coefficient (Wildman–Crippen LogP) is 3.56. The first-order chi connectivity index (χ1) is 7.93. The molecule has 0 heterocycles. The summed E-state index contributed by atoms with van der Waals surface area (Å²) in [4.78, 5) is 11.8. The highest BCUT2D eigenvalue weighted by Gasteiger charge is 2.34. The minimum atomic E-state index is -1.72. The molecular weight excluding hydrogens is 308 g/mol. The molecule has 1 N–H and O–H groups in total. The van der Waals surface area contributed by atoms with Crippen molar-refractivity contribution in [2.75, 3.05) is 6.67 Å². The zero-order chi connectivity index (χ0) is 12.9. The number of nitrogens with one attached hydrogen (secondary N) is 1. The van der Waals surface area contributed by atoms with E-state index in [2.05, 4.69) is 5.32 Å². The number of carbonyl (C=O) groups is 1. The van der Waals surface area contributed by atoms with Gasteiger partial charge >= 0.3 is 0 Å². The quantitative estimate of drug-likeness (QED) is 0.523. The molecule has 0 spiro atoms. The Kier molecular flexibility index (Phi) is 5.86. The third-order valence-corrected chi connectivity index (χ3v) is 4.00. The molecule has 17 heavy (non-hydrogen) atoms. The number of carbonyl (C=O) groups excluding carboxylic acids is 1. The van der Waals surface area contributed by atoms with Crippen LogP contribution in [0, 0.1) is 0 Å². The Balaban J connectivity index is 2.75. The van der Waals surface area contributed by atoms with Crippen LogP contribution in [0.15, 0.2) is 35.2 Å². The maximum atomic E-state index is 12.1. The maximum absolute atomic E-state index is 12.1. The largest absolute Gasteiger partial charge is 0.338 e. The van der Waals surface area contributed by atoms with Gasteiger partial charge in [-0.1, -0.05) is 64.8 Å². The number of hydrogen-bond donors (Lipinski definition) is 1. The SMILES string of the molecule is O=C(CF)NC(Sc1ccccc1)C(Cl)(Cl)Cl. The Morgan fingerprint density at radius 3 is 2.41 bits per heavy atom. The Morgan fingerprint density at radius 2 is 1.94 bits per heavy atom. The number of halogens is 4. The van der Waals surface area contributed by atoms with Crippen LogP contribution in [-0.2, 0) is 4.79 Å². The van der Waals surface area contributed by atoms with Gasteiger partial charge in [-0.3, -0.25) is 4.79 Å². The van der Waals surface area contributed by atoms with Crippen LogP contribution >= 0.6 is 46.6 Å². The second-order valence-corrected chi connectivity index (χ2v) is 6.60. The van der Waals surface area contributed by atoms with Crippen molar-refractivity contribution in [2.24, 2.45) is 0 Å². The van der Waals surface area contributed by atoms with Crippen LogP contribution in [0.25, 0.3) is 0 Å². The van der Waals surface area contributed by atoms with Crippen LogP contribution < -0.4 is 5.32 Å². The van der Waals surface area contributed by atoms with E-state index in [1.807, 2.05) is 18.2 Å². The lowest BCUT2D eigenvalue weighted by molar-refractivity contribution is -0.122. The van der Waals surface area contributed by atoms with Gasteiger partial charge in [0.15, 0.2) is 6.67 Å². The normalized spacial score (nSPS) is 13.2. The average Bonchev–Trinajstić information content (AvgIpc) is 2.28. The zero-order valence-electron chi connectivity index (χ0n) is 8.50. The van der Waals surface area contributed by atoms with Crippen LogP contribution in [-0.4, -0.2) is 21.7 Å². The number of hydrogen-bond acceptors (Lipinski definition) is 2. The van der Waals surface area contributed by atoms with Crippen LogP contribution in [0.2, 0.25) is 0 Å². The molecule has 1 unspecified atom stereocenters. The first-order valence-electron chi connectivity index (χ1n) is 4.57. The monoisotopic (exact) mass is 315 g/mol. The summed E-state index contributed by atoms with van der Waals surface area (Å²) in [6.45, 7) is -1.15. The summed E-state index contributed by atoms with van der Waals surface area (Å²) in [6.07, 6.45) is 0. The topological polar surface area (TPSA) is 29.1 Å². The third-order valence-electron chi connectivity index (χ3n) is 1.71. The summed E-state index contributed by atoms with van der Waals surface area (Å²) < 4.78 is 10.4. The fourth-order valence-electron chi connectivity index (χ4n) is 0.998. The van der Waals surface area contributed by atoms with E-state index in [0.717, 1.165) is 16.7 Å². The van der Waals surface area contributed by atoms with Crippen molar-refractivity contribution in [1.82, 2.24) is 5.32 Å². The molecule has 0 fully saturated rings. The lowest BCUT2D eigenvalue weighted by Crippen LogP contribution is -2.42. The minimum Gasteiger partial charge on any atom is -0.338 e. The third kappa shape index (κ3) is 5.34. The van der Waals surface area contributed by atoms with E-state index in [0.29, 0.717) is 0 Å². The van der Waals surface area contributed by atoms with E-state index in [9.17, 15) is 9.18 Å². The summed E-state index contributed by atoms with van der Waals surface area (Å²) in [5, 5.41) is 1.46. The van der Waals surface area contributed by atoms with Crippen molar-refractivity contribution in [1.29, 1.82) is 0 Å². The van der Waals surface area contributed by atoms with Crippen molar-refractivity contribution in [3.63, 3.8) is 0 Å². The van der Waals surface area contributed by atoms with Gasteiger partial charge in [0.2, 0.25) is 3.79 Å². The van der Waals surface area contributed by atoms with Gasteiger partial charge in [-0.25, -0.2) is 4.39 Å². The second kappa shape index (κ2) is 6.69. The Morgan fingerprint density at radius 1 is 1.35 bits per heavy atom. The standard InChI is InChI=1S/C10H9Cl3FNOS/c11-10(12,13)9(15-8(16)6-14)17-7-4-2-1-3-5-7/h1-5,9H,6H2,(H,15,16). The number of thioether (sulfide) groups is 1. The molecule has 0 saturated heterocycles. The van der Waals surface area contributed by atoms with Gasteiger partial charge in [0.1, 0.15) is 5.37 Å². The maximum Gasteiger partial charge on any atom is 0.252 e. The molecule has 1 rings (SSSR count). The molecule has 0 aliphatic carbocycles. The first-order valence-corrected chi connectivity index (χ1v) is 6.58. The fraction of sp³-hybridized carbons (Fsp3) is 0.300. The number of benzene rings is 1. The van der Waals surface area contributed by atoms with Crippen LogP contribution in [0.4, 0.5) is 4.39 Å². The van der Waals surface area contributed by atoms with E-state index < -0.39 is 21.7 Å². The van der Waals surface area contributed by atoms with Gasteiger partial charge in [-0.2, -0.15) is 0 Å². The van der Waals surface area contributed by atoms with E-state index in [4.69, 9.17) is 34.8 Å². The van der Waals surface area contributed by atoms with Crippen molar-refractivity contribution < 1.29 is 9.18 Å². The highest BCUT2D eigenvalue weighted by Crippen LogP contribution is 2.39. The van der Waals surface area contributed by atoms with Gasteiger partial charge in [0.25, 0.3) is 5.91 Å². The van der Waals surface area contributed by atoms with Gasteiger partial charge in [0.05, 0.1) is 0 Å². The first kappa shape index (κ1) is 14.9. The highest BCUT2D eigenvalue weighted by molar-refractivity contribution is 8.00. The van der Waals surface area contributed by atoms with Crippen molar-refractivity contribution >= 4 is 52.5 Å². The molecule has 7 heteroatoms. The van der Waals surface area contributed by atoms with Crippen molar-refractivity contribution in [2.45, 2.75) is 14.1 Å².